The molecule has 55 heavy (non-hydrogen) atoms. The van der Waals surface area contributed by atoms with E-state index in [4.69, 9.17) is 11.6 Å². The van der Waals surface area contributed by atoms with E-state index in [0.29, 0.717) is 11.8 Å². The Morgan fingerprint density at radius 3 is 1.78 bits per heavy atom. The first-order valence-corrected chi connectivity index (χ1v) is 20.5. The highest BCUT2D eigenvalue weighted by molar-refractivity contribution is 6.31. The Bertz CT molecular complexity index is 2480. The molecule has 10 rings (SSSR count). The van der Waals surface area contributed by atoms with Gasteiger partial charge in [-0.25, -0.2) is 0 Å². The zero-order valence-corrected chi connectivity index (χ0v) is 32.4. The van der Waals surface area contributed by atoms with Gasteiger partial charge in [0.2, 0.25) is 0 Å². The fraction of sp³-hybridized carbons (Fsp3) is 0.208. The largest absolute Gasteiger partial charge is 0.310 e. The van der Waals surface area contributed by atoms with Gasteiger partial charge in [0.1, 0.15) is 0 Å². The fourth-order valence-electron chi connectivity index (χ4n) is 11.1. The smallest absolute Gasteiger partial charge is 0.0540 e. The van der Waals surface area contributed by atoms with Crippen LogP contribution in [0.25, 0.3) is 44.5 Å². The lowest BCUT2D eigenvalue weighted by Crippen LogP contribution is -2.49. The van der Waals surface area contributed by atoms with E-state index in [2.05, 4.69) is 189 Å². The normalized spacial score (nSPS) is 22.2. The molecule has 5 atom stereocenters. The minimum absolute atomic E-state index is 0.0280. The highest BCUT2D eigenvalue weighted by Gasteiger charge is 2.56. The molecule has 3 aliphatic carbocycles. The third-order valence-corrected chi connectivity index (χ3v) is 13.5. The molecule has 7 aromatic rings. The molecule has 0 N–H and O–H groups in total. The molecule has 1 nitrogen and oxygen atoms in total. The summed E-state index contributed by atoms with van der Waals surface area (Å²) in [5, 5.41) is 0.827. The molecule has 2 bridgehead atoms. The van der Waals surface area contributed by atoms with Crippen molar-refractivity contribution in [3.05, 3.63) is 186 Å². The molecule has 0 aromatic heterocycles. The molecule has 0 heterocycles. The standard InChI is InChI=1S/C53H46ClN/c1-35-29-37-31-36(2)53(43(30-35)32-37)50-28-22-44(54)34-49(50)48-27-21-42(33-51(48)53)40-19-25-46(26-20-40)55(45-23-17-39(18-24-45)38-11-5-3-6-12-38)52-16-10-9-15-47(52)41-13-7-4-8-14-41/h3-28,33-37,43H,29-32H2,1-2H3. The van der Waals surface area contributed by atoms with E-state index in [9.17, 15) is 0 Å². The minimum atomic E-state index is 0.0280. The first-order valence-electron chi connectivity index (χ1n) is 20.1. The number of anilines is 3. The van der Waals surface area contributed by atoms with Crippen molar-refractivity contribution in [3.8, 4) is 44.5 Å². The Labute approximate surface area is 331 Å². The molecule has 7 aromatic carbocycles. The number of halogens is 1. The number of rotatable bonds is 6. The molecule has 2 fully saturated rings. The van der Waals surface area contributed by atoms with Crippen molar-refractivity contribution in [3.63, 3.8) is 0 Å². The Hall–Kier alpha value is -5.37. The van der Waals surface area contributed by atoms with Crippen molar-refractivity contribution in [1.82, 2.24) is 0 Å². The summed E-state index contributed by atoms with van der Waals surface area (Å²) in [6.45, 7) is 5.02. The second-order valence-electron chi connectivity index (χ2n) is 16.5. The number of para-hydroxylation sites is 1. The first-order chi connectivity index (χ1) is 27.0. The number of nitrogens with zero attached hydrogens (tertiary/aromatic N) is 1. The minimum Gasteiger partial charge on any atom is -0.310 e. The summed E-state index contributed by atoms with van der Waals surface area (Å²) < 4.78 is 0. The lowest BCUT2D eigenvalue weighted by molar-refractivity contribution is 0.0426. The SMILES string of the molecule is CC1CC2CC(C)C3(c4ccc(Cl)cc4-c4ccc(-c5ccc(N(c6ccc(-c7ccccc7)cc6)c6ccccc6-c6ccccc6)cc5)cc43)C(C1)C2. The van der Waals surface area contributed by atoms with Crippen molar-refractivity contribution < 1.29 is 0 Å². The first kappa shape index (κ1) is 34.1. The molecule has 2 heteroatoms. The zero-order valence-electron chi connectivity index (χ0n) is 31.6. The van der Waals surface area contributed by atoms with E-state index in [1.165, 1.54) is 81.3 Å². The molecular formula is C53H46ClN. The Kier molecular flexibility index (Phi) is 8.53. The van der Waals surface area contributed by atoms with Gasteiger partial charge in [-0.1, -0.05) is 147 Å². The molecule has 5 unspecified atom stereocenters. The molecule has 3 aliphatic rings. The van der Waals surface area contributed by atoms with Crippen LogP contribution >= 0.6 is 11.6 Å². The monoisotopic (exact) mass is 731 g/mol. The van der Waals surface area contributed by atoms with Gasteiger partial charge in [-0.2, -0.15) is 0 Å². The molecule has 270 valence electrons. The molecule has 0 amide bonds. The van der Waals surface area contributed by atoms with Crippen LogP contribution in [0.5, 0.6) is 0 Å². The van der Waals surface area contributed by atoms with Crippen molar-refractivity contribution >= 4 is 28.7 Å². The van der Waals surface area contributed by atoms with Crippen LogP contribution in [0.2, 0.25) is 5.02 Å². The summed E-state index contributed by atoms with van der Waals surface area (Å²) >= 11 is 6.71. The molecule has 0 aliphatic heterocycles. The van der Waals surface area contributed by atoms with Crippen LogP contribution in [0.1, 0.15) is 50.7 Å². The summed E-state index contributed by atoms with van der Waals surface area (Å²) in [4.78, 5) is 2.41. The van der Waals surface area contributed by atoms with Crippen LogP contribution in [-0.2, 0) is 5.41 Å². The van der Waals surface area contributed by atoms with Gasteiger partial charge in [0.25, 0.3) is 0 Å². The third kappa shape index (κ3) is 5.75. The van der Waals surface area contributed by atoms with E-state index >= 15 is 0 Å². The van der Waals surface area contributed by atoms with Crippen molar-refractivity contribution in [2.75, 3.05) is 4.90 Å². The van der Waals surface area contributed by atoms with Crippen molar-refractivity contribution in [1.29, 1.82) is 0 Å². The zero-order chi connectivity index (χ0) is 37.1. The Balaban J connectivity index is 1.07. The lowest BCUT2D eigenvalue weighted by Gasteiger charge is -2.54. The van der Waals surface area contributed by atoms with Crippen LogP contribution in [0, 0.1) is 23.7 Å². The van der Waals surface area contributed by atoms with Crippen molar-refractivity contribution in [2.45, 2.75) is 44.9 Å². The maximum atomic E-state index is 6.71. The summed E-state index contributed by atoms with van der Waals surface area (Å²) in [7, 11) is 0. The summed E-state index contributed by atoms with van der Waals surface area (Å²) in [5.41, 5.74) is 16.5. The average Bonchev–Trinajstić information content (AvgIpc) is 3.51. The number of benzene rings is 7. The van der Waals surface area contributed by atoms with Crippen LogP contribution in [0.15, 0.2) is 170 Å². The molecule has 2 saturated carbocycles. The van der Waals surface area contributed by atoms with Crippen LogP contribution in [0.4, 0.5) is 17.1 Å². The summed E-state index contributed by atoms with van der Waals surface area (Å²) in [6, 6.07) is 62.4. The second-order valence-corrected chi connectivity index (χ2v) is 16.9. The molecular weight excluding hydrogens is 686 g/mol. The third-order valence-electron chi connectivity index (χ3n) is 13.3. The van der Waals surface area contributed by atoms with Gasteiger partial charge in [0.05, 0.1) is 5.69 Å². The van der Waals surface area contributed by atoms with E-state index in [1.807, 2.05) is 0 Å². The lowest BCUT2D eigenvalue weighted by atomic mass is 9.49. The quantitative estimate of drug-likeness (QED) is 0.165. The maximum Gasteiger partial charge on any atom is 0.0540 e. The van der Waals surface area contributed by atoms with Crippen LogP contribution in [-0.4, -0.2) is 0 Å². The second kappa shape index (κ2) is 13.7. The van der Waals surface area contributed by atoms with Gasteiger partial charge >= 0.3 is 0 Å². The van der Waals surface area contributed by atoms with Gasteiger partial charge in [0, 0.05) is 27.4 Å². The van der Waals surface area contributed by atoms with Crippen LogP contribution in [0.3, 0.4) is 0 Å². The molecule has 1 spiro atoms. The highest BCUT2D eigenvalue weighted by atomic mass is 35.5. The Morgan fingerprint density at radius 1 is 0.473 bits per heavy atom. The fourth-order valence-corrected chi connectivity index (χ4v) is 11.3. The number of hydrogen-bond acceptors (Lipinski definition) is 1. The summed E-state index contributed by atoms with van der Waals surface area (Å²) in [5.74, 6) is 2.84. The van der Waals surface area contributed by atoms with Crippen LogP contribution < -0.4 is 4.90 Å². The van der Waals surface area contributed by atoms with Gasteiger partial charge in [-0.15, -0.1) is 0 Å². The average molecular weight is 732 g/mol. The molecule has 0 radical (unpaired) electrons. The highest BCUT2D eigenvalue weighted by Crippen LogP contribution is 2.65. The van der Waals surface area contributed by atoms with E-state index < -0.39 is 0 Å². The predicted molar refractivity (Wildman–Crippen MR) is 232 cm³/mol. The van der Waals surface area contributed by atoms with Gasteiger partial charge in [0.15, 0.2) is 0 Å². The number of hydrogen-bond donors (Lipinski definition) is 0. The van der Waals surface area contributed by atoms with Crippen molar-refractivity contribution in [2.24, 2.45) is 23.7 Å². The number of fused-ring (bicyclic) bond motifs is 8. The van der Waals surface area contributed by atoms with E-state index in [1.54, 1.807) is 0 Å². The van der Waals surface area contributed by atoms with Gasteiger partial charge in [-0.05, 0) is 148 Å². The van der Waals surface area contributed by atoms with Gasteiger partial charge < -0.3 is 4.90 Å². The molecule has 0 saturated heterocycles. The maximum absolute atomic E-state index is 6.71. The Morgan fingerprint density at radius 2 is 1.07 bits per heavy atom. The predicted octanol–water partition coefficient (Wildman–Crippen LogP) is 15.2. The van der Waals surface area contributed by atoms with E-state index in [0.717, 1.165) is 33.9 Å². The summed E-state index contributed by atoms with van der Waals surface area (Å²) in [6.07, 6.45) is 5.32. The van der Waals surface area contributed by atoms with E-state index in [-0.39, 0.29) is 5.41 Å². The topological polar surface area (TPSA) is 3.24 Å². The van der Waals surface area contributed by atoms with Gasteiger partial charge in [-0.3, -0.25) is 0 Å².